The standard InChI is InChI=1S/C6H10Cl2S/c7-5-2-1-4(9)3-6(5)8/h4-6,9H,1-3H2. The highest BCUT2D eigenvalue weighted by molar-refractivity contribution is 7.80. The lowest BCUT2D eigenvalue weighted by Crippen LogP contribution is -2.25. The molecule has 0 bridgehead atoms. The van der Waals surface area contributed by atoms with Crippen molar-refractivity contribution in [3.63, 3.8) is 0 Å². The first-order valence-electron chi connectivity index (χ1n) is 3.16. The van der Waals surface area contributed by atoms with E-state index in [1.165, 1.54) is 0 Å². The lowest BCUT2D eigenvalue weighted by atomic mass is 9.99. The zero-order valence-corrected chi connectivity index (χ0v) is 7.46. The van der Waals surface area contributed by atoms with Gasteiger partial charge in [-0.05, 0) is 19.3 Å². The summed E-state index contributed by atoms with van der Waals surface area (Å²) in [6, 6.07) is 0. The van der Waals surface area contributed by atoms with Gasteiger partial charge in [-0.2, -0.15) is 12.6 Å². The van der Waals surface area contributed by atoms with Gasteiger partial charge in [0, 0.05) is 5.25 Å². The van der Waals surface area contributed by atoms with Crippen molar-refractivity contribution in [1.29, 1.82) is 0 Å². The van der Waals surface area contributed by atoms with Gasteiger partial charge in [0.25, 0.3) is 0 Å². The molecule has 0 aromatic heterocycles. The topological polar surface area (TPSA) is 0 Å². The minimum atomic E-state index is 0.142. The van der Waals surface area contributed by atoms with Gasteiger partial charge in [-0.15, -0.1) is 23.2 Å². The van der Waals surface area contributed by atoms with Crippen LogP contribution in [-0.4, -0.2) is 16.0 Å². The monoisotopic (exact) mass is 184 g/mol. The molecule has 3 unspecified atom stereocenters. The number of alkyl halides is 2. The molecule has 3 heteroatoms. The van der Waals surface area contributed by atoms with Crippen LogP contribution in [0.4, 0.5) is 0 Å². The van der Waals surface area contributed by atoms with Crippen LogP contribution in [0.2, 0.25) is 0 Å². The van der Waals surface area contributed by atoms with Crippen LogP contribution in [0.1, 0.15) is 19.3 Å². The van der Waals surface area contributed by atoms with E-state index in [4.69, 9.17) is 23.2 Å². The van der Waals surface area contributed by atoms with Gasteiger partial charge in [0.1, 0.15) is 0 Å². The van der Waals surface area contributed by atoms with Crippen LogP contribution in [0.3, 0.4) is 0 Å². The first-order valence-corrected chi connectivity index (χ1v) is 4.55. The van der Waals surface area contributed by atoms with Crippen LogP contribution >= 0.6 is 35.8 Å². The second kappa shape index (κ2) is 3.36. The zero-order valence-electron chi connectivity index (χ0n) is 5.06. The molecular formula is C6H10Cl2S. The molecule has 54 valence electrons. The average molecular weight is 185 g/mol. The maximum atomic E-state index is 5.88. The van der Waals surface area contributed by atoms with E-state index < -0.39 is 0 Å². The maximum absolute atomic E-state index is 5.88. The van der Waals surface area contributed by atoms with Crippen molar-refractivity contribution in [2.24, 2.45) is 0 Å². The van der Waals surface area contributed by atoms with Crippen LogP contribution < -0.4 is 0 Å². The van der Waals surface area contributed by atoms with Crippen molar-refractivity contribution in [2.75, 3.05) is 0 Å². The second-order valence-electron chi connectivity index (χ2n) is 2.50. The summed E-state index contributed by atoms with van der Waals surface area (Å²) in [5.41, 5.74) is 0. The summed E-state index contributed by atoms with van der Waals surface area (Å²) in [6.07, 6.45) is 3.09. The van der Waals surface area contributed by atoms with E-state index in [0.29, 0.717) is 5.25 Å². The molecule has 3 atom stereocenters. The smallest absolute Gasteiger partial charge is 0.0510 e. The van der Waals surface area contributed by atoms with Crippen molar-refractivity contribution in [3.8, 4) is 0 Å². The summed E-state index contributed by atoms with van der Waals surface area (Å²) in [5.74, 6) is 0. The van der Waals surface area contributed by atoms with Crippen LogP contribution in [0.25, 0.3) is 0 Å². The Kier molecular flexibility index (Phi) is 3.00. The van der Waals surface area contributed by atoms with Gasteiger partial charge in [-0.3, -0.25) is 0 Å². The number of hydrogen-bond acceptors (Lipinski definition) is 1. The van der Waals surface area contributed by atoms with Gasteiger partial charge in [0.15, 0.2) is 0 Å². The third-order valence-electron chi connectivity index (χ3n) is 1.67. The molecule has 0 heterocycles. The summed E-state index contributed by atoms with van der Waals surface area (Å²) in [4.78, 5) is 0. The molecule has 1 aliphatic carbocycles. The van der Waals surface area contributed by atoms with E-state index in [1.54, 1.807) is 0 Å². The van der Waals surface area contributed by atoms with Crippen LogP contribution in [0.5, 0.6) is 0 Å². The fraction of sp³-hybridized carbons (Fsp3) is 1.00. The Labute approximate surface area is 71.3 Å². The van der Waals surface area contributed by atoms with Crippen molar-refractivity contribution >= 4 is 35.8 Å². The summed E-state index contributed by atoms with van der Waals surface area (Å²) >= 11 is 16.1. The molecule has 1 rings (SSSR count). The molecule has 0 aliphatic heterocycles. The summed E-state index contributed by atoms with van der Waals surface area (Å²) in [7, 11) is 0. The van der Waals surface area contributed by atoms with Crippen molar-refractivity contribution in [2.45, 2.75) is 35.3 Å². The average Bonchev–Trinajstić information content (AvgIpc) is 1.80. The molecule has 0 aromatic rings. The lowest BCUT2D eigenvalue weighted by molar-refractivity contribution is 0.532. The van der Waals surface area contributed by atoms with E-state index >= 15 is 0 Å². The normalized spacial score (nSPS) is 45.0. The highest BCUT2D eigenvalue weighted by Gasteiger charge is 2.25. The molecule has 9 heavy (non-hydrogen) atoms. The fourth-order valence-corrected chi connectivity index (χ4v) is 2.13. The van der Waals surface area contributed by atoms with Crippen LogP contribution in [0.15, 0.2) is 0 Å². The molecule has 1 saturated carbocycles. The molecule has 0 spiro atoms. The molecule has 1 aliphatic rings. The van der Waals surface area contributed by atoms with Gasteiger partial charge < -0.3 is 0 Å². The van der Waals surface area contributed by atoms with Crippen LogP contribution in [0, 0.1) is 0 Å². The molecule has 0 radical (unpaired) electrons. The highest BCUT2D eigenvalue weighted by Crippen LogP contribution is 2.29. The number of hydrogen-bond donors (Lipinski definition) is 1. The SMILES string of the molecule is SC1CCC(Cl)C(Cl)C1. The van der Waals surface area contributed by atoms with Gasteiger partial charge in [0.05, 0.1) is 10.8 Å². The molecule has 0 N–H and O–H groups in total. The Hall–Kier alpha value is 0.930. The Balaban J connectivity index is 2.35. The third kappa shape index (κ3) is 2.21. The first kappa shape index (κ1) is 8.03. The van der Waals surface area contributed by atoms with E-state index in [2.05, 4.69) is 12.6 Å². The van der Waals surface area contributed by atoms with Crippen LogP contribution in [-0.2, 0) is 0 Å². The second-order valence-corrected chi connectivity index (χ2v) is 4.35. The summed E-state index contributed by atoms with van der Waals surface area (Å²) in [5, 5.41) is 0.792. The highest BCUT2D eigenvalue weighted by atomic mass is 35.5. The summed E-state index contributed by atoms with van der Waals surface area (Å²) < 4.78 is 0. The Morgan fingerprint density at radius 3 is 2.22 bits per heavy atom. The number of halogens is 2. The predicted molar refractivity (Wildman–Crippen MR) is 45.9 cm³/mol. The third-order valence-corrected chi connectivity index (χ3v) is 3.27. The van der Waals surface area contributed by atoms with Gasteiger partial charge in [-0.1, -0.05) is 0 Å². The van der Waals surface area contributed by atoms with E-state index in [-0.39, 0.29) is 10.8 Å². The van der Waals surface area contributed by atoms with Crippen molar-refractivity contribution < 1.29 is 0 Å². The minimum absolute atomic E-state index is 0.142. The first-order chi connectivity index (χ1) is 4.20. The largest absolute Gasteiger partial charge is 0.176 e. The Bertz CT molecular complexity index is 97.1. The molecule has 0 amide bonds. The van der Waals surface area contributed by atoms with Gasteiger partial charge in [0.2, 0.25) is 0 Å². The lowest BCUT2D eigenvalue weighted by Gasteiger charge is -2.25. The molecule has 0 saturated heterocycles. The van der Waals surface area contributed by atoms with Crippen molar-refractivity contribution in [3.05, 3.63) is 0 Å². The number of rotatable bonds is 0. The summed E-state index contributed by atoms with van der Waals surface area (Å²) in [6.45, 7) is 0. The Morgan fingerprint density at radius 2 is 1.78 bits per heavy atom. The molecule has 0 nitrogen and oxygen atoms in total. The van der Waals surface area contributed by atoms with E-state index in [9.17, 15) is 0 Å². The number of thiol groups is 1. The zero-order chi connectivity index (χ0) is 6.85. The predicted octanol–water partition coefficient (Wildman–Crippen LogP) is 2.68. The maximum Gasteiger partial charge on any atom is 0.0510 e. The van der Waals surface area contributed by atoms with E-state index in [1.807, 2.05) is 0 Å². The van der Waals surface area contributed by atoms with E-state index in [0.717, 1.165) is 19.3 Å². The van der Waals surface area contributed by atoms with Crippen molar-refractivity contribution in [1.82, 2.24) is 0 Å². The molecular weight excluding hydrogens is 175 g/mol. The molecule has 1 fully saturated rings. The quantitative estimate of drug-likeness (QED) is 0.435. The fourth-order valence-electron chi connectivity index (χ4n) is 1.06. The molecule has 0 aromatic carbocycles. The minimum Gasteiger partial charge on any atom is -0.176 e. The van der Waals surface area contributed by atoms with Gasteiger partial charge in [-0.25, -0.2) is 0 Å². The van der Waals surface area contributed by atoms with Gasteiger partial charge >= 0.3 is 0 Å². The Morgan fingerprint density at radius 1 is 1.11 bits per heavy atom.